The summed E-state index contributed by atoms with van der Waals surface area (Å²) >= 11 is 5.61. The Hall–Kier alpha value is -10.1. The van der Waals surface area contributed by atoms with E-state index < -0.39 is 0 Å². The van der Waals surface area contributed by atoms with E-state index in [1.807, 2.05) is 34.0 Å². The van der Waals surface area contributed by atoms with Gasteiger partial charge in [0.15, 0.2) is 0 Å². The van der Waals surface area contributed by atoms with Gasteiger partial charge in [-0.2, -0.15) is 0 Å². The molecule has 0 saturated heterocycles. The zero-order valence-electron chi connectivity index (χ0n) is 45.5. The number of thiophene rings is 3. The van der Waals surface area contributed by atoms with Crippen molar-refractivity contribution in [3.8, 4) is 33.4 Å². The van der Waals surface area contributed by atoms with Crippen molar-refractivity contribution in [3.63, 3.8) is 0 Å². The van der Waals surface area contributed by atoms with Crippen LogP contribution in [0, 0.1) is 0 Å². The maximum absolute atomic E-state index is 2.41. The minimum absolute atomic E-state index is 1.01. The van der Waals surface area contributed by atoms with Crippen molar-refractivity contribution in [3.05, 3.63) is 309 Å². The van der Waals surface area contributed by atoms with Gasteiger partial charge in [0.1, 0.15) is 0 Å². The van der Waals surface area contributed by atoms with Crippen molar-refractivity contribution in [2.24, 2.45) is 0 Å². The van der Waals surface area contributed by atoms with E-state index in [2.05, 4.69) is 324 Å². The third-order valence-corrected chi connectivity index (χ3v) is 19.9. The molecular formula is C78H51N3S3. The molecular weight excluding hydrogens is 1080 g/mol. The lowest BCUT2D eigenvalue weighted by molar-refractivity contribution is 1.22. The van der Waals surface area contributed by atoms with Crippen LogP contribution < -0.4 is 14.7 Å². The fraction of sp³-hybridized carbons (Fsp3) is 0. The standard InChI is InChI=1S/C78H51N3S3/c1-4-19-55(20-5-1)79(58-43-37-52(38-44-58)64-28-16-31-70-67-25-10-13-34-73(67)82-76(64)70)61-49-62(80(56-21-6-2-7-22-56)59-45-39-53(40-46-59)65-29-17-32-71-68-26-11-14-35-74(68)83-77(65)71)51-63(50-61)81(57-23-8-3-9-24-57)60-47-41-54(42-48-60)66-30-18-33-72-69-27-12-15-36-75(69)84-78(66)72/h1-51H. The molecule has 0 unspecified atom stereocenters. The van der Waals surface area contributed by atoms with Crippen LogP contribution in [0.15, 0.2) is 309 Å². The first-order valence-corrected chi connectivity index (χ1v) is 30.8. The van der Waals surface area contributed by atoms with Gasteiger partial charge in [0.25, 0.3) is 0 Å². The summed E-state index contributed by atoms with van der Waals surface area (Å²) < 4.78 is 7.83. The van der Waals surface area contributed by atoms with Gasteiger partial charge in [-0.05, 0) is 143 Å². The minimum Gasteiger partial charge on any atom is -0.310 e. The lowest BCUT2D eigenvalue weighted by atomic mass is 10.0. The number of anilines is 9. The van der Waals surface area contributed by atoms with Crippen LogP contribution in [0.1, 0.15) is 0 Å². The molecule has 16 rings (SSSR count). The fourth-order valence-electron chi connectivity index (χ4n) is 12.3. The minimum atomic E-state index is 1.01. The monoisotopic (exact) mass is 1130 g/mol. The summed E-state index contributed by atoms with van der Waals surface area (Å²) in [4.78, 5) is 7.23. The van der Waals surface area contributed by atoms with Gasteiger partial charge >= 0.3 is 0 Å². The topological polar surface area (TPSA) is 9.72 Å². The van der Waals surface area contributed by atoms with Gasteiger partial charge in [0, 0.05) is 94.6 Å². The fourth-order valence-corrected chi connectivity index (χ4v) is 16.0. The van der Waals surface area contributed by atoms with E-state index in [9.17, 15) is 0 Å². The maximum Gasteiger partial charge on any atom is 0.0503 e. The lowest BCUT2D eigenvalue weighted by Gasteiger charge is -2.33. The number of hydrogen-bond acceptors (Lipinski definition) is 6. The zero-order valence-corrected chi connectivity index (χ0v) is 48.0. The molecule has 0 aliphatic heterocycles. The highest BCUT2D eigenvalue weighted by Crippen LogP contribution is 2.49. The second-order valence-corrected chi connectivity index (χ2v) is 24.4. The molecule has 3 aromatic heterocycles. The van der Waals surface area contributed by atoms with Crippen LogP contribution in [-0.2, 0) is 0 Å². The third kappa shape index (κ3) is 8.78. The molecule has 84 heavy (non-hydrogen) atoms. The van der Waals surface area contributed by atoms with Crippen molar-refractivity contribution in [2.75, 3.05) is 14.7 Å². The first-order chi connectivity index (χ1) is 41.6. The van der Waals surface area contributed by atoms with E-state index in [1.165, 1.54) is 93.9 Å². The molecule has 396 valence electrons. The Morgan fingerprint density at radius 3 is 0.702 bits per heavy atom. The van der Waals surface area contributed by atoms with Crippen LogP contribution in [0.2, 0.25) is 0 Å². The number of hydrogen-bond donors (Lipinski definition) is 0. The van der Waals surface area contributed by atoms with E-state index in [-0.39, 0.29) is 0 Å². The quantitative estimate of drug-likeness (QED) is 0.121. The Labute approximate surface area is 499 Å². The molecule has 0 atom stereocenters. The Morgan fingerprint density at radius 1 is 0.179 bits per heavy atom. The van der Waals surface area contributed by atoms with E-state index in [0.717, 1.165) is 51.2 Å². The van der Waals surface area contributed by atoms with Gasteiger partial charge in [-0.3, -0.25) is 0 Å². The smallest absolute Gasteiger partial charge is 0.0503 e. The Kier molecular flexibility index (Phi) is 12.4. The number of para-hydroxylation sites is 3. The second-order valence-electron chi connectivity index (χ2n) is 21.2. The van der Waals surface area contributed by atoms with Crippen LogP contribution in [0.5, 0.6) is 0 Å². The molecule has 3 nitrogen and oxygen atoms in total. The predicted octanol–water partition coefficient (Wildman–Crippen LogP) is 24.2. The molecule has 0 aliphatic carbocycles. The summed E-state index contributed by atoms with van der Waals surface area (Å²) in [6.07, 6.45) is 0. The van der Waals surface area contributed by atoms with E-state index >= 15 is 0 Å². The Bertz CT molecular complexity index is 4550. The van der Waals surface area contributed by atoms with Crippen molar-refractivity contribution < 1.29 is 0 Å². The van der Waals surface area contributed by atoms with Crippen LogP contribution in [0.3, 0.4) is 0 Å². The first-order valence-electron chi connectivity index (χ1n) is 28.4. The first kappa shape index (κ1) is 49.7. The molecule has 0 fully saturated rings. The Morgan fingerprint density at radius 2 is 0.417 bits per heavy atom. The van der Waals surface area contributed by atoms with Crippen LogP contribution in [-0.4, -0.2) is 0 Å². The summed E-state index contributed by atoms with van der Waals surface area (Å²) in [5.41, 5.74) is 16.6. The predicted molar refractivity (Wildman–Crippen MR) is 365 cm³/mol. The lowest BCUT2D eigenvalue weighted by Crippen LogP contribution is -2.16. The van der Waals surface area contributed by atoms with Gasteiger partial charge in [-0.25, -0.2) is 0 Å². The molecule has 0 spiro atoms. The number of nitrogens with zero attached hydrogens (tertiary/aromatic N) is 3. The van der Waals surface area contributed by atoms with Gasteiger partial charge in [0.2, 0.25) is 0 Å². The van der Waals surface area contributed by atoms with Crippen LogP contribution >= 0.6 is 34.0 Å². The summed E-state index contributed by atoms with van der Waals surface area (Å²) in [6, 6.07) is 113. The van der Waals surface area contributed by atoms with Crippen LogP contribution in [0.4, 0.5) is 51.2 Å². The van der Waals surface area contributed by atoms with Gasteiger partial charge in [0.05, 0.1) is 17.1 Å². The second kappa shape index (κ2) is 21.0. The Balaban J connectivity index is 0.879. The molecule has 16 aromatic rings. The molecule has 0 N–H and O–H groups in total. The largest absolute Gasteiger partial charge is 0.310 e. The van der Waals surface area contributed by atoms with E-state index in [0.29, 0.717) is 0 Å². The molecule has 0 amide bonds. The van der Waals surface area contributed by atoms with E-state index in [4.69, 9.17) is 0 Å². The van der Waals surface area contributed by atoms with Crippen molar-refractivity contribution >= 4 is 146 Å². The van der Waals surface area contributed by atoms with Crippen molar-refractivity contribution in [2.45, 2.75) is 0 Å². The summed E-state index contributed by atoms with van der Waals surface area (Å²) in [5, 5.41) is 7.80. The normalized spacial score (nSPS) is 11.6. The molecule has 0 bridgehead atoms. The highest BCUT2D eigenvalue weighted by molar-refractivity contribution is 7.27. The molecule has 13 aromatic carbocycles. The number of rotatable bonds is 12. The highest BCUT2D eigenvalue weighted by Gasteiger charge is 2.24. The van der Waals surface area contributed by atoms with Crippen molar-refractivity contribution in [1.29, 1.82) is 0 Å². The van der Waals surface area contributed by atoms with Crippen LogP contribution in [0.25, 0.3) is 93.9 Å². The van der Waals surface area contributed by atoms with Gasteiger partial charge in [-0.15, -0.1) is 34.0 Å². The number of fused-ring (bicyclic) bond motifs is 9. The zero-order chi connectivity index (χ0) is 55.5. The summed E-state index contributed by atoms with van der Waals surface area (Å²) in [6.45, 7) is 0. The molecule has 0 aliphatic rings. The SMILES string of the molecule is c1ccc(N(c2ccc(-c3cccc4c3sc3ccccc34)cc2)c2cc(N(c3ccccc3)c3ccc(-c4cccc5c4sc4ccccc45)cc3)cc(N(c3ccccc3)c3ccc(-c4cccc5c4sc4ccccc45)cc3)c2)cc1. The summed E-state index contributed by atoms with van der Waals surface area (Å²) in [5.74, 6) is 0. The molecule has 3 heterocycles. The average Bonchev–Trinajstić information content (AvgIpc) is 3.15. The molecule has 6 heteroatoms. The highest BCUT2D eigenvalue weighted by atomic mass is 32.1. The van der Waals surface area contributed by atoms with Gasteiger partial charge < -0.3 is 14.7 Å². The van der Waals surface area contributed by atoms with E-state index in [1.54, 1.807) is 0 Å². The van der Waals surface area contributed by atoms with Crippen molar-refractivity contribution in [1.82, 2.24) is 0 Å². The maximum atomic E-state index is 2.41. The average molecular weight is 1130 g/mol. The van der Waals surface area contributed by atoms with Gasteiger partial charge in [-0.1, -0.05) is 200 Å². The molecule has 0 radical (unpaired) electrons. The summed E-state index contributed by atoms with van der Waals surface area (Å²) in [7, 11) is 0. The molecule has 0 saturated carbocycles. The number of benzene rings is 13. The third-order valence-electron chi connectivity index (χ3n) is 16.2.